The minimum absolute atomic E-state index is 0.675. The lowest BCUT2D eigenvalue weighted by Gasteiger charge is -2.11. The van der Waals surface area contributed by atoms with Crippen molar-refractivity contribution in [2.24, 2.45) is 0 Å². The van der Waals surface area contributed by atoms with Crippen molar-refractivity contribution in [2.45, 2.75) is 6.42 Å². The van der Waals surface area contributed by atoms with Crippen LogP contribution in [0.1, 0.15) is 11.1 Å². The molecule has 0 fully saturated rings. The molecule has 232 valence electrons. The molecule has 0 saturated heterocycles. The molecule has 0 saturated carbocycles. The zero-order chi connectivity index (χ0) is 32.8. The summed E-state index contributed by atoms with van der Waals surface area (Å²) in [5.74, 6) is 2.05. The number of hydrogen-bond donors (Lipinski definition) is 0. The highest BCUT2D eigenvalue weighted by molar-refractivity contribution is 6.23. The largest absolute Gasteiger partial charge is 0.308 e. The van der Waals surface area contributed by atoms with Crippen LogP contribution in [-0.4, -0.2) is 19.4 Å². The molecule has 0 amide bonds. The first-order valence-corrected chi connectivity index (χ1v) is 17.1. The summed E-state index contributed by atoms with van der Waals surface area (Å²) in [5, 5.41) is 5.20. The number of fused-ring (bicyclic) bond motifs is 9. The maximum absolute atomic E-state index is 5.09. The summed E-state index contributed by atoms with van der Waals surface area (Å²) >= 11 is 0. The molecule has 1 aliphatic rings. The maximum Gasteiger partial charge on any atom is 0.164 e. The summed E-state index contributed by atoms with van der Waals surface area (Å²) < 4.78 is 2.46. The first-order chi connectivity index (χ1) is 24.8. The monoisotopic (exact) mass is 636 g/mol. The highest BCUT2D eigenvalue weighted by atomic mass is 15.0. The summed E-state index contributed by atoms with van der Waals surface area (Å²) in [4.78, 5) is 15.1. The van der Waals surface area contributed by atoms with Crippen LogP contribution in [0.5, 0.6) is 0 Å². The Balaban J connectivity index is 1.07. The van der Waals surface area contributed by atoms with Crippen molar-refractivity contribution >= 4 is 38.1 Å². The second-order valence-electron chi connectivity index (χ2n) is 13.2. The molecule has 50 heavy (non-hydrogen) atoms. The quantitative estimate of drug-likeness (QED) is 0.193. The third kappa shape index (κ3) is 3.90. The van der Waals surface area contributed by atoms with Gasteiger partial charge in [0.2, 0.25) is 0 Å². The van der Waals surface area contributed by atoms with Gasteiger partial charge in [-0.2, -0.15) is 0 Å². The zero-order valence-electron chi connectivity index (χ0n) is 27.0. The SMILES string of the molecule is c1ccc(-c2nc(-c3ccccc3)nc(-c3cccc4c3Cc3c(-c5ccc6c7cccc8c9ccccc9n(c6c5)c87)cccc3-4)n2)cc1. The number of nitrogens with zero attached hydrogens (tertiary/aromatic N) is 4. The van der Waals surface area contributed by atoms with Gasteiger partial charge in [0.1, 0.15) is 0 Å². The van der Waals surface area contributed by atoms with Crippen LogP contribution in [-0.2, 0) is 6.42 Å². The molecule has 0 unspecified atom stereocenters. The van der Waals surface area contributed by atoms with Gasteiger partial charge in [0.15, 0.2) is 17.5 Å². The van der Waals surface area contributed by atoms with E-state index in [1.165, 1.54) is 71.5 Å². The molecule has 0 atom stereocenters. The van der Waals surface area contributed by atoms with Crippen molar-refractivity contribution in [3.8, 4) is 56.4 Å². The fraction of sp³-hybridized carbons (Fsp3) is 0.0217. The van der Waals surface area contributed by atoms with Gasteiger partial charge in [-0.05, 0) is 45.5 Å². The first kappa shape index (κ1) is 27.3. The molecule has 11 rings (SSSR count). The van der Waals surface area contributed by atoms with Crippen molar-refractivity contribution in [1.29, 1.82) is 0 Å². The van der Waals surface area contributed by atoms with Crippen molar-refractivity contribution < 1.29 is 0 Å². The lowest BCUT2D eigenvalue weighted by Crippen LogP contribution is -2.01. The van der Waals surface area contributed by atoms with Crippen molar-refractivity contribution in [3.05, 3.63) is 169 Å². The van der Waals surface area contributed by atoms with Gasteiger partial charge < -0.3 is 4.40 Å². The van der Waals surface area contributed by atoms with Gasteiger partial charge in [-0.15, -0.1) is 0 Å². The van der Waals surface area contributed by atoms with Crippen LogP contribution in [0.25, 0.3) is 94.5 Å². The van der Waals surface area contributed by atoms with E-state index in [-0.39, 0.29) is 0 Å². The fourth-order valence-corrected chi connectivity index (χ4v) is 8.24. The van der Waals surface area contributed by atoms with Gasteiger partial charge in [0.05, 0.1) is 16.6 Å². The normalized spacial score (nSPS) is 12.3. The molecule has 0 radical (unpaired) electrons. The van der Waals surface area contributed by atoms with Crippen LogP contribution >= 0.6 is 0 Å². The van der Waals surface area contributed by atoms with Crippen LogP contribution in [0.4, 0.5) is 0 Å². The summed E-state index contributed by atoms with van der Waals surface area (Å²) in [5.41, 5.74) is 14.4. The van der Waals surface area contributed by atoms with E-state index in [1.54, 1.807) is 0 Å². The van der Waals surface area contributed by atoms with Gasteiger partial charge in [-0.25, -0.2) is 15.0 Å². The van der Waals surface area contributed by atoms with Crippen LogP contribution < -0.4 is 0 Å². The van der Waals surface area contributed by atoms with Crippen LogP contribution in [0, 0.1) is 0 Å². The second-order valence-corrected chi connectivity index (χ2v) is 13.2. The van der Waals surface area contributed by atoms with Crippen LogP contribution in [0.3, 0.4) is 0 Å². The maximum atomic E-state index is 5.09. The summed E-state index contributed by atoms with van der Waals surface area (Å²) in [7, 11) is 0. The Labute approximate surface area is 288 Å². The Morgan fingerprint density at radius 1 is 0.360 bits per heavy atom. The predicted octanol–water partition coefficient (Wildman–Crippen LogP) is 11.3. The lowest BCUT2D eigenvalue weighted by atomic mass is 9.95. The molecular formula is C46H28N4. The lowest BCUT2D eigenvalue weighted by molar-refractivity contribution is 1.07. The van der Waals surface area contributed by atoms with E-state index in [0.29, 0.717) is 17.5 Å². The fourth-order valence-electron chi connectivity index (χ4n) is 8.24. The minimum Gasteiger partial charge on any atom is -0.308 e. The number of aromatic nitrogens is 4. The molecule has 0 N–H and O–H groups in total. The molecule has 10 aromatic rings. The van der Waals surface area contributed by atoms with Gasteiger partial charge in [-0.1, -0.05) is 146 Å². The van der Waals surface area contributed by atoms with Crippen molar-refractivity contribution in [3.63, 3.8) is 0 Å². The predicted molar refractivity (Wildman–Crippen MR) is 204 cm³/mol. The van der Waals surface area contributed by atoms with Crippen LogP contribution in [0.2, 0.25) is 0 Å². The Morgan fingerprint density at radius 3 is 1.58 bits per heavy atom. The van der Waals surface area contributed by atoms with Gasteiger partial charge >= 0.3 is 0 Å². The summed E-state index contributed by atoms with van der Waals surface area (Å²) in [6.45, 7) is 0. The third-order valence-corrected chi connectivity index (χ3v) is 10.5. The smallest absolute Gasteiger partial charge is 0.164 e. The molecular weight excluding hydrogens is 609 g/mol. The van der Waals surface area contributed by atoms with Gasteiger partial charge in [0, 0.05) is 44.7 Å². The number of para-hydroxylation sites is 2. The average molecular weight is 637 g/mol. The van der Waals surface area contributed by atoms with E-state index in [1.807, 2.05) is 36.4 Å². The van der Waals surface area contributed by atoms with E-state index >= 15 is 0 Å². The molecule has 3 heterocycles. The molecule has 4 nitrogen and oxygen atoms in total. The number of rotatable bonds is 4. The first-order valence-electron chi connectivity index (χ1n) is 17.1. The Hall–Kier alpha value is -6.65. The van der Waals surface area contributed by atoms with E-state index in [0.717, 1.165) is 23.1 Å². The Kier molecular flexibility index (Phi) is 5.69. The Morgan fingerprint density at radius 2 is 0.880 bits per heavy atom. The molecule has 1 aliphatic carbocycles. The van der Waals surface area contributed by atoms with Gasteiger partial charge in [-0.3, -0.25) is 0 Å². The summed E-state index contributed by atoms with van der Waals surface area (Å²) in [6.07, 6.45) is 0.804. The van der Waals surface area contributed by atoms with E-state index < -0.39 is 0 Å². The van der Waals surface area contributed by atoms with Crippen LogP contribution in [0.15, 0.2) is 158 Å². The number of hydrogen-bond acceptors (Lipinski definition) is 3. The topological polar surface area (TPSA) is 43.1 Å². The van der Waals surface area contributed by atoms with Gasteiger partial charge in [0.25, 0.3) is 0 Å². The number of benzene rings is 7. The van der Waals surface area contributed by atoms with E-state index in [2.05, 4.69) is 126 Å². The molecule has 0 bridgehead atoms. The molecule has 0 spiro atoms. The van der Waals surface area contributed by atoms with E-state index in [9.17, 15) is 0 Å². The Bertz CT molecular complexity index is 2880. The summed E-state index contributed by atoms with van der Waals surface area (Å²) in [6, 6.07) is 56.1. The minimum atomic E-state index is 0.675. The molecule has 0 aliphatic heterocycles. The second kappa shape index (κ2) is 10.4. The standard InChI is InChI=1S/C46H28N4/c1-3-12-28(13-4-1)44-47-45(29-14-5-2-6-15-29)49-46(48-44)38-22-10-19-33-32-18-9-17-31(39(32)27-40(33)38)30-24-25-35-37-21-11-20-36-34-16-7-8-23-41(34)50(43(36)37)42(35)26-30/h1-26H,27H2. The zero-order valence-corrected chi connectivity index (χ0v) is 27.0. The molecule has 3 aromatic heterocycles. The highest BCUT2D eigenvalue weighted by Crippen LogP contribution is 2.46. The van der Waals surface area contributed by atoms with E-state index in [4.69, 9.17) is 15.0 Å². The third-order valence-electron chi connectivity index (χ3n) is 10.5. The average Bonchev–Trinajstić information content (AvgIpc) is 3.85. The van der Waals surface area contributed by atoms with Crippen molar-refractivity contribution in [1.82, 2.24) is 19.4 Å². The molecule has 7 aromatic carbocycles. The highest BCUT2D eigenvalue weighted by Gasteiger charge is 2.26. The van der Waals surface area contributed by atoms with Crippen molar-refractivity contribution in [2.75, 3.05) is 0 Å². The molecule has 4 heteroatoms.